The van der Waals surface area contributed by atoms with Crippen LogP contribution in [0.3, 0.4) is 0 Å². The van der Waals surface area contributed by atoms with E-state index < -0.39 is 0 Å². The molecule has 0 atom stereocenters. The highest BCUT2D eigenvalue weighted by atomic mass is 35.5. The fourth-order valence-electron chi connectivity index (χ4n) is 0.689. The molecule has 1 rings (SSSR count). The van der Waals surface area contributed by atoms with E-state index in [1.54, 1.807) is 18.4 Å². The number of hydrogen-bond donors (Lipinski definition) is 0. The standard InChI is InChI=1S/C7H9ClOS/c1-9-5-4-6-2-3-7(8)10-6/h2-3H,4-5H2,1H3. The van der Waals surface area contributed by atoms with Gasteiger partial charge in [-0.15, -0.1) is 11.3 Å². The Bertz CT molecular complexity index is 197. The minimum absolute atomic E-state index is 0.775. The Kier molecular flexibility index (Phi) is 3.19. The number of hydrogen-bond acceptors (Lipinski definition) is 2. The summed E-state index contributed by atoms with van der Waals surface area (Å²) in [5, 5.41) is 0. The Hall–Kier alpha value is -0.0500. The molecule has 1 heterocycles. The van der Waals surface area contributed by atoms with Gasteiger partial charge in [-0.2, -0.15) is 0 Å². The SMILES string of the molecule is COCCc1ccc(Cl)s1. The molecule has 10 heavy (non-hydrogen) atoms. The van der Waals surface area contributed by atoms with Crippen LogP contribution in [0.5, 0.6) is 0 Å². The van der Waals surface area contributed by atoms with E-state index in [1.807, 2.05) is 12.1 Å². The smallest absolute Gasteiger partial charge is 0.0931 e. The number of thiophene rings is 1. The maximum Gasteiger partial charge on any atom is 0.0931 e. The molecule has 3 heteroatoms. The molecule has 0 N–H and O–H groups in total. The third-order valence-corrected chi connectivity index (χ3v) is 2.47. The molecule has 0 aliphatic heterocycles. The fraction of sp³-hybridized carbons (Fsp3) is 0.429. The van der Waals surface area contributed by atoms with Crippen LogP contribution in [-0.4, -0.2) is 13.7 Å². The van der Waals surface area contributed by atoms with Crippen molar-refractivity contribution >= 4 is 22.9 Å². The monoisotopic (exact) mass is 176 g/mol. The second-order valence-electron chi connectivity index (χ2n) is 1.95. The number of methoxy groups -OCH3 is 1. The van der Waals surface area contributed by atoms with E-state index in [0.29, 0.717) is 0 Å². The van der Waals surface area contributed by atoms with Gasteiger partial charge < -0.3 is 4.74 Å². The van der Waals surface area contributed by atoms with Crippen LogP contribution >= 0.6 is 22.9 Å². The zero-order chi connectivity index (χ0) is 7.40. The van der Waals surface area contributed by atoms with Crippen LogP contribution in [-0.2, 0) is 11.2 Å². The van der Waals surface area contributed by atoms with Crippen molar-refractivity contribution in [1.82, 2.24) is 0 Å². The molecule has 0 amide bonds. The van der Waals surface area contributed by atoms with Crippen LogP contribution in [0.25, 0.3) is 0 Å². The molecule has 0 saturated carbocycles. The topological polar surface area (TPSA) is 9.23 Å². The van der Waals surface area contributed by atoms with Gasteiger partial charge in [0.1, 0.15) is 0 Å². The van der Waals surface area contributed by atoms with Gasteiger partial charge in [0.05, 0.1) is 10.9 Å². The highest BCUT2D eigenvalue weighted by Gasteiger charge is 1.95. The number of rotatable bonds is 3. The zero-order valence-corrected chi connectivity index (χ0v) is 7.34. The summed E-state index contributed by atoms with van der Waals surface area (Å²) >= 11 is 7.33. The van der Waals surface area contributed by atoms with Crippen molar-refractivity contribution in [3.63, 3.8) is 0 Å². The van der Waals surface area contributed by atoms with Gasteiger partial charge in [0.15, 0.2) is 0 Å². The summed E-state index contributed by atoms with van der Waals surface area (Å²) in [6.07, 6.45) is 0.966. The van der Waals surface area contributed by atoms with Gasteiger partial charge in [0, 0.05) is 18.4 Å². The van der Waals surface area contributed by atoms with E-state index in [-0.39, 0.29) is 0 Å². The first-order valence-corrected chi connectivity index (χ1v) is 4.25. The lowest BCUT2D eigenvalue weighted by Crippen LogP contribution is -1.90. The van der Waals surface area contributed by atoms with Gasteiger partial charge in [0.2, 0.25) is 0 Å². The molecular weight excluding hydrogens is 168 g/mol. The largest absolute Gasteiger partial charge is 0.384 e. The molecule has 0 spiro atoms. The summed E-state index contributed by atoms with van der Waals surface area (Å²) in [7, 11) is 1.70. The summed E-state index contributed by atoms with van der Waals surface area (Å²) in [6.45, 7) is 0.775. The molecule has 0 aromatic carbocycles. The predicted molar refractivity (Wildman–Crippen MR) is 44.9 cm³/mol. The van der Waals surface area contributed by atoms with Crippen molar-refractivity contribution in [2.24, 2.45) is 0 Å². The average Bonchev–Trinajstić information content (AvgIpc) is 2.31. The Labute approximate surface area is 69.6 Å². The highest BCUT2D eigenvalue weighted by molar-refractivity contribution is 7.16. The number of halogens is 1. The first-order chi connectivity index (χ1) is 4.83. The van der Waals surface area contributed by atoms with Crippen LogP contribution in [0, 0.1) is 0 Å². The lowest BCUT2D eigenvalue weighted by atomic mass is 10.4. The van der Waals surface area contributed by atoms with Crippen LogP contribution in [0.1, 0.15) is 4.88 Å². The van der Waals surface area contributed by atoms with Crippen LogP contribution < -0.4 is 0 Å². The molecule has 0 unspecified atom stereocenters. The normalized spacial score (nSPS) is 10.2. The third kappa shape index (κ3) is 2.29. The molecule has 0 saturated heterocycles. The molecular formula is C7H9ClOS. The molecule has 0 bridgehead atoms. The molecule has 0 aliphatic carbocycles. The minimum Gasteiger partial charge on any atom is -0.384 e. The lowest BCUT2D eigenvalue weighted by Gasteiger charge is -1.92. The second kappa shape index (κ2) is 3.96. The highest BCUT2D eigenvalue weighted by Crippen LogP contribution is 2.21. The van der Waals surface area contributed by atoms with Crippen molar-refractivity contribution < 1.29 is 4.74 Å². The molecule has 0 radical (unpaired) electrons. The second-order valence-corrected chi connectivity index (χ2v) is 3.75. The van der Waals surface area contributed by atoms with Gasteiger partial charge in [0.25, 0.3) is 0 Å². The molecule has 0 fully saturated rings. The van der Waals surface area contributed by atoms with E-state index in [4.69, 9.17) is 16.3 Å². The summed E-state index contributed by atoms with van der Waals surface area (Å²) in [5.74, 6) is 0. The lowest BCUT2D eigenvalue weighted by molar-refractivity contribution is 0.203. The van der Waals surface area contributed by atoms with Crippen molar-refractivity contribution in [3.8, 4) is 0 Å². The first kappa shape index (κ1) is 8.05. The van der Waals surface area contributed by atoms with E-state index in [0.717, 1.165) is 17.4 Å². The van der Waals surface area contributed by atoms with E-state index >= 15 is 0 Å². The molecule has 0 aliphatic rings. The summed E-state index contributed by atoms with van der Waals surface area (Å²) < 4.78 is 5.77. The van der Waals surface area contributed by atoms with Gasteiger partial charge in [-0.05, 0) is 12.1 Å². The Morgan fingerprint density at radius 3 is 2.90 bits per heavy atom. The van der Waals surface area contributed by atoms with Crippen molar-refractivity contribution in [1.29, 1.82) is 0 Å². The average molecular weight is 177 g/mol. The van der Waals surface area contributed by atoms with E-state index in [1.165, 1.54) is 4.88 Å². The van der Waals surface area contributed by atoms with E-state index in [2.05, 4.69) is 0 Å². The molecule has 1 aromatic heterocycles. The zero-order valence-electron chi connectivity index (χ0n) is 5.76. The fourth-order valence-corrected chi connectivity index (χ4v) is 1.76. The molecule has 1 aromatic rings. The minimum atomic E-state index is 0.775. The van der Waals surface area contributed by atoms with Crippen molar-refractivity contribution in [3.05, 3.63) is 21.3 Å². The molecule has 1 nitrogen and oxygen atoms in total. The first-order valence-electron chi connectivity index (χ1n) is 3.06. The maximum atomic E-state index is 5.72. The Morgan fingerprint density at radius 1 is 1.60 bits per heavy atom. The van der Waals surface area contributed by atoms with E-state index in [9.17, 15) is 0 Å². The Balaban J connectivity index is 2.42. The predicted octanol–water partition coefficient (Wildman–Crippen LogP) is 2.59. The van der Waals surface area contributed by atoms with Crippen LogP contribution in [0.15, 0.2) is 12.1 Å². The quantitative estimate of drug-likeness (QED) is 0.688. The van der Waals surface area contributed by atoms with Gasteiger partial charge >= 0.3 is 0 Å². The van der Waals surface area contributed by atoms with Crippen LogP contribution in [0.4, 0.5) is 0 Å². The number of ether oxygens (including phenoxy) is 1. The van der Waals surface area contributed by atoms with Crippen molar-refractivity contribution in [2.75, 3.05) is 13.7 Å². The van der Waals surface area contributed by atoms with Gasteiger partial charge in [-0.25, -0.2) is 0 Å². The van der Waals surface area contributed by atoms with Gasteiger partial charge in [-0.1, -0.05) is 11.6 Å². The summed E-state index contributed by atoms with van der Waals surface area (Å²) in [5.41, 5.74) is 0. The third-order valence-electron chi connectivity index (χ3n) is 1.18. The summed E-state index contributed by atoms with van der Waals surface area (Å²) in [6, 6.07) is 3.95. The van der Waals surface area contributed by atoms with Crippen LogP contribution in [0.2, 0.25) is 4.34 Å². The molecule has 56 valence electrons. The summed E-state index contributed by atoms with van der Waals surface area (Å²) in [4.78, 5) is 1.28. The maximum absolute atomic E-state index is 5.72. The van der Waals surface area contributed by atoms with Gasteiger partial charge in [-0.3, -0.25) is 0 Å². The van der Waals surface area contributed by atoms with Crippen molar-refractivity contribution in [2.45, 2.75) is 6.42 Å². The Morgan fingerprint density at radius 2 is 2.40 bits per heavy atom.